The largest absolute Gasteiger partial charge is 0.489 e. The van der Waals surface area contributed by atoms with Gasteiger partial charge in [0.1, 0.15) is 18.2 Å². The Kier molecular flexibility index (Phi) is 8.21. The second-order valence-electron chi connectivity index (χ2n) is 7.02. The Hall–Kier alpha value is -2.45. The first-order valence-corrected chi connectivity index (χ1v) is 10.8. The van der Waals surface area contributed by atoms with Crippen LogP contribution in [0.15, 0.2) is 72.8 Å². The second-order valence-corrected chi connectivity index (χ2v) is 8.18. The van der Waals surface area contributed by atoms with E-state index >= 15 is 0 Å². The van der Waals surface area contributed by atoms with E-state index in [1.54, 1.807) is 12.1 Å². The number of primary amides is 1. The normalized spacial score (nSPS) is 11.8. The lowest BCUT2D eigenvalue weighted by molar-refractivity contribution is -0.120. The SMILES string of the molecule is NC(=O)C(Cc1ccccc1)NCCc1cc(OCc2ccc(F)cc2)ccc1I. The van der Waals surface area contributed by atoms with E-state index in [4.69, 9.17) is 10.5 Å². The van der Waals surface area contributed by atoms with Gasteiger partial charge < -0.3 is 15.8 Å². The average molecular weight is 518 g/mol. The molecule has 0 aliphatic carbocycles. The van der Waals surface area contributed by atoms with Crippen LogP contribution in [-0.4, -0.2) is 18.5 Å². The quantitative estimate of drug-likeness (QED) is 0.395. The van der Waals surface area contributed by atoms with Crippen LogP contribution < -0.4 is 15.8 Å². The van der Waals surface area contributed by atoms with Gasteiger partial charge in [0.2, 0.25) is 5.91 Å². The lowest BCUT2D eigenvalue weighted by Gasteiger charge is -2.16. The number of halogens is 2. The molecule has 1 amide bonds. The number of benzene rings is 3. The summed E-state index contributed by atoms with van der Waals surface area (Å²) < 4.78 is 20.0. The standard InChI is InChI=1S/C24H24FIN2O2/c25-20-8-6-18(7-9-20)16-30-21-10-11-22(26)19(15-21)12-13-28-23(24(27)29)14-17-4-2-1-3-5-17/h1-11,15,23,28H,12-14,16H2,(H2,27,29). The fraction of sp³-hybridized carbons (Fsp3) is 0.208. The molecule has 3 rings (SSSR count). The molecule has 30 heavy (non-hydrogen) atoms. The van der Waals surface area contributed by atoms with Gasteiger partial charge in [-0.15, -0.1) is 0 Å². The number of hydrogen-bond acceptors (Lipinski definition) is 3. The molecule has 0 saturated carbocycles. The van der Waals surface area contributed by atoms with Crippen LogP contribution in [0, 0.1) is 9.39 Å². The number of carbonyl (C=O) groups excluding carboxylic acids is 1. The van der Waals surface area contributed by atoms with E-state index < -0.39 is 6.04 Å². The molecule has 0 saturated heterocycles. The highest BCUT2D eigenvalue weighted by molar-refractivity contribution is 14.1. The number of nitrogens with two attached hydrogens (primary N) is 1. The minimum absolute atomic E-state index is 0.260. The highest BCUT2D eigenvalue weighted by Gasteiger charge is 2.15. The van der Waals surface area contributed by atoms with Crippen molar-refractivity contribution >= 4 is 28.5 Å². The summed E-state index contributed by atoms with van der Waals surface area (Å²) in [7, 11) is 0. The summed E-state index contributed by atoms with van der Waals surface area (Å²) in [4.78, 5) is 11.8. The van der Waals surface area contributed by atoms with E-state index in [2.05, 4.69) is 27.9 Å². The molecule has 6 heteroatoms. The first-order valence-electron chi connectivity index (χ1n) is 9.73. The Labute approximate surface area is 189 Å². The molecule has 3 N–H and O–H groups in total. The van der Waals surface area contributed by atoms with Gasteiger partial charge in [0.25, 0.3) is 0 Å². The number of rotatable bonds is 10. The second kappa shape index (κ2) is 11.1. The summed E-state index contributed by atoms with van der Waals surface area (Å²) in [5.41, 5.74) is 8.68. The van der Waals surface area contributed by atoms with Gasteiger partial charge >= 0.3 is 0 Å². The molecular weight excluding hydrogens is 494 g/mol. The van der Waals surface area contributed by atoms with Gasteiger partial charge in [-0.25, -0.2) is 4.39 Å². The summed E-state index contributed by atoms with van der Waals surface area (Å²) in [5, 5.41) is 3.27. The van der Waals surface area contributed by atoms with Crippen LogP contribution in [0.2, 0.25) is 0 Å². The van der Waals surface area contributed by atoms with Gasteiger partial charge in [-0.3, -0.25) is 4.79 Å². The van der Waals surface area contributed by atoms with Crippen molar-refractivity contribution in [3.63, 3.8) is 0 Å². The molecule has 0 heterocycles. The van der Waals surface area contributed by atoms with E-state index in [1.807, 2.05) is 48.5 Å². The van der Waals surface area contributed by atoms with Gasteiger partial charge in [0.15, 0.2) is 0 Å². The molecule has 3 aromatic carbocycles. The molecule has 0 bridgehead atoms. The zero-order valence-corrected chi connectivity index (χ0v) is 18.6. The van der Waals surface area contributed by atoms with Gasteiger partial charge in [0.05, 0.1) is 6.04 Å². The van der Waals surface area contributed by atoms with Crippen LogP contribution in [0.4, 0.5) is 4.39 Å². The van der Waals surface area contributed by atoms with Crippen molar-refractivity contribution in [2.24, 2.45) is 5.73 Å². The van der Waals surface area contributed by atoms with Crippen LogP contribution >= 0.6 is 22.6 Å². The van der Waals surface area contributed by atoms with Gasteiger partial charge in [-0.1, -0.05) is 42.5 Å². The molecule has 0 aromatic heterocycles. The molecule has 4 nitrogen and oxygen atoms in total. The molecule has 0 spiro atoms. The first-order chi connectivity index (χ1) is 14.5. The van der Waals surface area contributed by atoms with Crippen molar-refractivity contribution in [1.29, 1.82) is 0 Å². The Balaban J connectivity index is 1.55. The maximum atomic E-state index is 13.0. The van der Waals surface area contributed by atoms with Crippen LogP contribution in [0.1, 0.15) is 16.7 Å². The maximum Gasteiger partial charge on any atom is 0.234 e. The minimum Gasteiger partial charge on any atom is -0.489 e. The lowest BCUT2D eigenvalue weighted by atomic mass is 10.0. The molecular formula is C24H24FIN2O2. The van der Waals surface area contributed by atoms with Gasteiger partial charge in [0, 0.05) is 3.57 Å². The molecule has 0 fully saturated rings. The van der Waals surface area contributed by atoms with E-state index in [0.717, 1.165) is 32.4 Å². The van der Waals surface area contributed by atoms with Gasteiger partial charge in [-0.2, -0.15) is 0 Å². The molecule has 0 radical (unpaired) electrons. The van der Waals surface area contributed by atoms with Crippen LogP contribution in [0.5, 0.6) is 5.75 Å². The first kappa shape index (κ1) is 22.2. The lowest BCUT2D eigenvalue weighted by Crippen LogP contribution is -2.43. The molecule has 3 aromatic rings. The van der Waals surface area contributed by atoms with Crippen molar-refractivity contribution in [3.8, 4) is 5.75 Å². The summed E-state index contributed by atoms with van der Waals surface area (Å²) in [6, 6.07) is 21.6. The monoisotopic (exact) mass is 518 g/mol. The molecule has 0 aliphatic heterocycles. The van der Waals surface area contributed by atoms with E-state index in [1.165, 1.54) is 12.1 Å². The summed E-state index contributed by atoms with van der Waals surface area (Å²) >= 11 is 2.29. The van der Waals surface area contributed by atoms with Crippen LogP contribution in [0.25, 0.3) is 0 Å². The Morgan fingerprint density at radius 1 is 1.03 bits per heavy atom. The van der Waals surface area contributed by atoms with Crippen LogP contribution in [-0.2, 0) is 24.2 Å². The number of nitrogens with one attached hydrogen (secondary N) is 1. The number of carbonyl (C=O) groups is 1. The molecule has 156 valence electrons. The molecule has 1 atom stereocenters. The molecule has 0 aliphatic rings. The topological polar surface area (TPSA) is 64.4 Å². The Morgan fingerprint density at radius 3 is 2.47 bits per heavy atom. The highest BCUT2D eigenvalue weighted by atomic mass is 127. The third-order valence-electron chi connectivity index (χ3n) is 4.75. The van der Waals surface area contributed by atoms with Crippen molar-refractivity contribution < 1.29 is 13.9 Å². The van der Waals surface area contributed by atoms with Crippen LogP contribution in [0.3, 0.4) is 0 Å². The Bertz CT molecular complexity index is 965. The zero-order chi connectivity index (χ0) is 21.3. The highest BCUT2D eigenvalue weighted by Crippen LogP contribution is 2.21. The van der Waals surface area contributed by atoms with Crippen molar-refractivity contribution in [1.82, 2.24) is 5.32 Å². The van der Waals surface area contributed by atoms with Crippen molar-refractivity contribution in [3.05, 3.63) is 98.9 Å². The number of ether oxygens (including phenoxy) is 1. The van der Waals surface area contributed by atoms with Crippen molar-refractivity contribution in [2.45, 2.75) is 25.5 Å². The minimum atomic E-state index is -0.414. The van der Waals surface area contributed by atoms with E-state index in [-0.39, 0.29) is 11.7 Å². The predicted octanol–water partition coefficient (Wildman–Crippen LogP) is 4.24. The third kappa shape index (κ3) is 6.81. The Morgan fingerprint density at radius 2 is 1.77 bits per heavy atom. The van der Waals surface area contributed by atoms with E-state index in [0.29, 0.717) is 19.6 Å². The summed E-state index contributed by atoms with van der Waals surface area (Å²) in [6.07, 6.45) is 1.30. The zero-order valence-electron chi connectivity index (χ0n) is 16.5. The predicted molar refractivity (Wildman–Crippen MR) is 125 cm³/mol. The molecule has 1 unspecified atom stereocenters. The number of amides is 1. The summed E-state index contributed by atoms with van der Waals surface area (Å²) in [5.74, 6) is 0.139. The summed E-state index contributed by atoms with van der Waals surface area (Å²) in [6.45, 7) is 0.997. The average Bonchev–Trinajstić information content (AvgIpc) is 2.75. The van der Waals surface area contributed by atoms with Gasteiger partial charge in [-0.05, 0) is 89.0 Å². The smallest absolute Gasteiger partial charge is 0.234 e. The third-order valence-corrected chi connectivity index (χ3v) is 5.80. The van der Waals surface area contributed by atoms with E-state index in [9.17, 15) is 9.18 Å². The fourth-order valence-electron chi connectivity index (χ4n) is 3.08. The fourth-order valence-corrected chi connectivity index (χ4v) is 3.69. The van der Waals surface area contributed by atoms with Crippen molar-refractivity contribution in [2.75, 3.05) is 6.54 Å². The number of hydrogen-bond donors (Lipinski definition) is 2. The maximum absolute atomic E-state index is 13.0.